The number of ketones is 1. The molecule has 0 fully saturated rings. The van der Waals surface area contributed by atoms with E-state index < -0.39 is 23.0 Å². The van der Waals surface area contributed by atoms with Gasteiger partial charge in [-0.3, -0.25) is 9.78 Å². The SMILES string of the molecule is CC(C)c1c2ncc(/C=C3\C(=O)c4cc(F)c(F)cc4C3=C(C#N)C#N)nc2cc2nsnc12. The molecule has 164 valence electrons. The Labute approximate surface area is 195 Å². The van der Waals surface area contributed by atoms with Gasteiger partial charge in [0.2, 0.25) is 0 Å². The van der Waals surface area contributed by atoms with E-state index in [1.807, 2.05) is 13.8 Å². The van der Waals surface area contributed by atoms with Gasteiger partial charge in [-0.1, -0.05) is 13.8 Å². The number of nitriles is 2. The molecule has 34 heavy (non-hydrogen) atoms. The van der Waals surface area contributed by atoms with E-state index in [-0.39, 0.29) is 33.9 Å². The summed E-state index contributed by atoms with van der Waals surface area (Å²) in [5.74, 6) is -2.92. The fourth-order valence-corrected chi connectivity index (χ4v) is 4.64. The number of Topliss-reactive ketones (excluding diaryl/α,β-unsaturated/α-hetero) is 1. The fraction of sp³-hybridized carbons (Fsp3) is 0.125. The van der Waals surface area contributed by atoms with E-state index in [4.69, 9.17) is 0 Å². The van der Waals surface area contributed by atoms with Crippen molar-refractivity contribution in [3.05, 3.63) is 69.6 Å². The standard InChI is InChI=1S/C24H12F2N6OS/c1-10(2)20-22-18(6-19-23(20)32-34-31-19)30-12(9-29-22)3-15-21(11(7-27)8-28)13-4-16(25)17(26)5-14(13)24(15)33/h3-6,9-10H,1-2H3/b15-3-. The first-order chi connectivity index (χ1) is 16.3. The number of hydrogen-bond donors (Lipinski definition) is 0. The molecule has 0 bridgehead atoms. The summed E-state index contributed by atoms with van der Waals surface area (Å²) in [6, 6.07) is 6.80. The maximum Gasteiger partial charge on any atom is 0.194 e. The number of hydrogen-bond acceptors (Lipinski definition) is 8. The van der Waals surface area contributed by atoms with Gasteiger partial charge in [0.25, 0.3) is 0 Å². The third-order valence-electron chi connectivity index (χ3n) is 5.55. The molecule has 1 aliphatic carbocycles. The minimum absolute atomic E-state index is 0.0145. The number of halogens is 2. The van der Waals surface area contributed by atoms with Crippen LogP contribution in [0.3, 0.4) is 0 Å². The van der Waals surface area contributed by atoms with Gasteiger partial charge in [0.05, 0.1) is 34.7 Å². The molecule has 1 aliphatic rings. The molecule has 0 N–H and O–H groups in total. The van der Waals surface area contributed by atoms with Gasteiger partial charge in [0.1, 0.15) is 28.7 Å². The lowest BCUT2D eigenvalue weighted by molar-refractivity contribution is 0.104. The Balaban J connectivity index is 1.75. The summed E-state index contributed by atoms with van der Waals surface area (Å²) >= 11 is 1.09. The van der Waals surface area contributed by atoms with Crippen molar-refractivity contribution in [2.45, 2.75) is 19.8 Å². The molecule has 7 nitrogen and oxygen atoms in total. The number of rotatable bonds is 2. The zero-order valence-electron chi connectivity index (χ0n) is 17.7. The van der Waals surface area contributed by atoms with Crippen LogP contribution in [0.15, 0.2) is 35.5 Å². The van der Waals surface area contributed by atoms with Gasteiger partial charge in [0.15, 0.2) is 17.4 Å². The topological polar surface area (TPSA) is 116 Å². The highest BCUT2D eigenvalue weighted by atomic mass is 32.1. The minimum atomic E-state index is -1.20. The van der Waals surface area contributed by atoms with Crippen LogP contribution in [0.2, 0.25) is 0 Å². The molecule has 0 saturated heterocycles. The van der Waals surface area contributed by atoms with Crippen LogP contribution in [0.5, 0.6) is 0 Å². The Hall–Kier alpha value is -4.41. The normalized spacial score (nSPS) is 14.1. The van der Waals surface area contributed by atoms with Crippen molar-refractivity contribution in [2.24, 2.45) is 0 Å². The highest BCUT2D eigenvalue weighted by Crippen LogP contribution is 2.41. The number of carbonyl (C=O) groups is 1. The van der Waals surface area contributed by atoms with Crippen LogP contribution in [0.25, 0.3) is 33.7 Å². The number of nitrogens with zero attached hydrogens (tertiary/aromatic N) is 6. The molecule has 4 aromatic rings. The van der Waals surface area contributed by atoms with Crippen molar-refractivity contribution >= 4 is 51.2 Å². The first kappa shape index (κ1) is 21.4. The van der Waals surface area contributed by atoms with Crippen molar-refractivity contribution in [3.8, 4) is 12.1 Å². The number of benzene rings is 2. The molecule has 10 heteroatoms. The summed E-state index contributed by atoms with van der Waals surface area (Å²) in [5.41, 5.74) is 3.13. The van der Waals surface area contributed by atoms with Gasteiger partial charge in [-0.25, -0.2) is 13.8 Å². The molecule has 0 saturated carbocycles. The van der Waals surface area contributed by atoms with Gasteiger partial charge in [0, 0.05) is 22.3 Å². The molecule has 0 aliphatic heterocycles. The Morgan fingerprint density at radius 3 is 2.41 bits per heavy atom. The van der Waals surface area contributed by atoms with Crippen molar-refractivity contribution in [3.63, 3.8) is 0 Å². The lowest BCUT2D eigenvalue weighted by Crippen LogP contribution is -1.99. The van der Waals surface area contributed by atoms with E-state index >= 15 is 0 Å². The maximum absolute atomic E-state index is 14.0. The van der Waals surface area contributed by atoms with Crippen LogP contribution in [0.4, 0.5) is 8.78 Å². The van der Waals surface area contributed by atoms with Crippen molar-refractivity contribution in [2.75, 3.05) is 0 Å². The van der Waals surface area contributed by atoms with Crippen LogP contribution >= 0.6 is 11.7 Å². The summed E-state index contributed by atoms with van der Waals surface area (Å²) in [6.45, 7) is 4.03. The molecule has 2 heterocycles. The molecule has 0 radical (unpaired) electrons. The van der Waals surface area contributed by atoms with Gasteiger partial charge < -0.3 is 0 Å². The van der Waals surface area contributed by atoms with E-state index in [2.05, 4.69) is 18.7 Å². The Bertz CT molecular complexity index is 1690. The van der Waals surface area contributed by atoms with E-state index in [1.165, 1.54) is 12.3 Å². The first-order valence-electron chi connectivity index (χ1n) is 10.1. The Morgan fingerprint density at radius 1 is 1.03 bits per heavy atom. The zero-order chi connectivity index (χ0) is 24.1. The quantitative estimate of drug-likeness (QED) is 0.295. The first-order valence-corrected chi connectivity index (χ1v) is 10.8. The second-order valence-corrected chi connectivity index (χ2v) is 8.44. The summed E-state index contributed by atoms with van der Waals surface area (Å²) in [4.78, 5) is 22.2. The lowest BCUT2D eigenvalue weighted by atomic mass is 9.98. The summed E-state index contributed by atoms with van der Waals surface area (Å²) < 4.78 is 36.5. The molecule has 0 spiro atoms. The number of fused-ring (bicyclic) bond motifs is 3. The molecular formula is C24H12F2N6OS. The molecule has 0 amide bonds. The van der Waals surface area contributed by atoms with Gasteiger partial charge in [-0.2, -0.15) is 19.3 Å². The third-order valence-corrected chi connectivity index (χ3v) is 6.09. The fourth-order valence-electron chi connectivity index (χ4n) is 4.10. The van der Waals surface area contributed by atoms with E-state index in [1.54, 1.807) is 18.2 Å². The molecular weight excluding hydrogens is 458 g/mol. The lowest BCUT2D eigenvalue weighted by Gasteiger charge is -2.10. The van der Waals surface area contributed by atoms with Crippen LogP contribution in [-0.2, 0) is 0 Å². The highest BCUT2D eigenvalue weighted by Gasteiger charge is 2.34. The zero-order valence-corrected chi connectivity index (χ0v) is 18.5. The minimum Gasteiger partial charge on any atom is -0.289 e. The van der Waals surface area contributed by atoms with Crippen LogP contribution < -0.4 is 0 Å². The number of aromatic nitrogens is 4. The van der Waals surface area contributed by atoms with Gasteiger partial charge in [-0.05, 0) is 35.8 Å². The Kier molecular flexibility index (Phi) is 4.96. The summed E-state index contributed by atoms with van der Waals surface area (Å²) in [6.07, 6.45) is 2.83. The molecule has 0 unspecified atom stereocenters. The smallest absolute Gasteiger partial charge is 0.194 e. The second kappa shape index (κ2) is 7.87. The van der Waals surface area contributed by atoms with Gasteiger partial charge in [-0.15, -0.1) is 0 Å². The van der Waals surface area contributed by atoms with Crippen LogP contribution in [0, 0.1) is 34.3 Å². The number of allylic oxidation sites excluding steroid dienone is 3. The molecule has 5 rings (SSSR count). The van der Waals surface area contributed by atoms with E-state index in [0.717, 1.165) is 34.9 Å². The summed E-state index contributed by atoms with van der Waals surface area (Å²) in [7, 11) is 0. The van der Waals surface area contributed by atoms with E-state index in [9.17, 15) is 24.1 Å². The largest absolute Gasteiger partial charge is 0.289 e. The van der Waals surface area contributed by atoms with Crippen molar-refractivity contribution < 1.29 is 13.6 Å². The highest BCUT2D eigenvalue weighted by molar-refractivity contribution is 7.00. The number of carbonyl (C=O) groups excluding carboxylic acids is 1. The summed E-state index contributed by atoms with van der Waals surface area (Å²) in [5, 5.41) is 18.9. The maximum atomic E-state index is 14.0. The monoisotopic (exact) mass is 470 g/mol. The van der Waals surface area contributed by atoms with Crippen LogP contribution in [0.1, 0.15) is 46.9 Å². The average molecular weight is 470 g/mol. The van der Waals surface area contributed by atoms with Crippen molar-refractivity contribution in [1.82, 2.24) is 18.7 Å². The third kappa shape index (κ3) is 3.16. The predicted molar refractivity (Wildman–Crippen MR) is 121 cm³/mol. The van der Waals surface area contributed by atoms with E-state index in [0.29, 0.717) is 16.6 Å². The van der Waals surface area contributed by atoms with Gasteiger partial charge >= 0.3 is 0 Å². The Morgan fingerprint density at radius 2 is 1.74 bits per heavy atom. The predicted octanol–water partition coefficient (Wildman–Crippen LogP) is 5.12. The average Bonchev–Trinajstić information content (AvgIpc) is 3.37. The molecule has 2 aromatic heterocycles. The molecule has 0 atom stereocenters. The second-order valence-electron chi connectivity index (χ2n) is 7.91. The van der Waals surface area contributed by atoms with Crippen LogP contribution in [-0.4, -0.2) is 24.5 Å². The van der Waals surface area contributed by atoms with Crippen molar-refractivity contribution in [1.29, 1.82) is 10.5 Å². The molecule has 2 aromatic carbocycles.